The molecule has 0 atom stereocenters. The molecule has 0 spiro atoms. The number of rotatable bonds is 5. The van der Waals surface area contributed by atoms with E-state index in [1.165, 1.54) is 0 Å². The average molecular weight is 169 g/mol. The first-order chi connectivity index (χ1) is 4.68. The van der Waals surface area contributed by atoms with Crippen LogP contribution in [0.4, 0.5) is 0 Å². The van der Waals surface area contributed by atoms with Gasteiger partial charge in [0.15, 0.2) is 0 Å². The van der Waals surface area contributed by atoms with Crippen molar-refractivity contribution in [3.05, 3.63) is 0 Å². The van der Waals surface area contributed by atoms with Crippen LogP contribution in [0.1, 0.15) is 0 Å². The summed E-state index contributed by atoms with van der Waals surface area (Å²) in [6.45, 7) is -0.372. The summed E-state index contributed by atoms with van der Waals surface area (Å²) in [7, 11) is -3.17. The Morgan fingerprint density at radius 3 is 1.70 bits per heavy atom. The summed E-state index contributed by atoms with van der Waals surface area (Å²) in [6.07, 6.45) is -0.207. The third-order valence-corrected chi connectivity index (χ3v) is 2.30. The summed E-state index contributed by atoms with van der Waals surface area (Å²) >= 11 is 0. The third kappa shape index (κ3) is 3.26. The summed E-state index contributed by atoms with van der Waals surface area (Å²) in [5.41, 5.74) is 15.0. The van der Waals surface area contributed by atoms with E-state index in [0.717, 1.165) is 0 Å². The van der Waals surface area contributed by atoms with Crippen LogP contribution in [0.3, 0.4) is 0 Å². The topological polar surface area (TPSA) is 114 Å². The Morgan fingerprint density at radius 1 is 1.10 bits per heavy atom. The SMILES string of the molecule is NCOP(=O)(CN)OCN. The molecule has 0 amide bonds. The molecule has 10 heavy (non-hydrogen) atoms. The predicted molar refractivity (Wildman–Crippen MR) is 36.9 cm³/mol. The Bertz CT molecular complexity index is 120. The molecule has 0 heterocycles. The fourth-order valence-corrected chi connectivity index (χ4v) is 1.11. The van der Waals surface area contributed by atoms with Crippen molar-refractivity contribution in [3.63, 3.8) is 0 Å². The minimum absolute atomic E-state index is 0.186. The normalized spacial score (nSPS) is 11.9. The molecule has 0 aliphatic heterocycles. The maximum atomic E-state index is 11.1. The van der Waals surface area contributed by atoms with Gasteiger partial charge in [0.1, 0.15) is 13.5 Å². The molecule has 0 aliphatic carbocycles. The van der Waals surface area contributed by atoms with E-state index >= 15 is 0 Å². The largest absolute Gasteiger partial charge is 0.346 e. The molecule has 0 aromatic rings. The maximum Gasteiger partial charge on any atom is 0.346 e. The summed E-state index contributed by atoms with van der Waals surface area (Å²) < 4.78 is 20.1. The van der Waals surface area contributed by atoms with Crippen molar-refractivity contribution < 1.29 is 13.6 Å². The third-order valence-electron chi connectivity index (χ3n) is 0.766. The first kappa shape index (κ1) is 10.0. The second kappa shape index (κ2) is 4.79. The van der Waals surface area contributed by atoms with Gasteiger partial charge in [0.05, 0.1) is 6.29 Å². The van der Waals surface area contributed by atoms with Crippen LogP contribution in [0, 0.1) is 0 Å². The molecule has 0 fully saturated rings. The van der Waals surface area contributed by atoms with Gasteiger partial charge < -0.3 is 17.2 Å². The lowest BCUT2D eigenvalue weighted by Gasteiger charge is -2.13. The first-order valence-electron chi connectivity index (χ1n) is 2.67. The van der Waals surface area contributed by atoms with Gasteiger partial charge in [-0.25, -0.2) is 0 Å². The van der Waals surface area contributed by atoms with Gasteiger partial charge >= 0.3 is 7.60 Å². The Balaban J connectivity index is 3.83. The summed E-state index contributed by atoms with van der Waals surface area (Å²) in [6, 6.07) is 0. The molecule has 0 saturated carbocycles. The van der Waals surface area contributed by atoms with E-state index in [9.17, 15) is 4.57 Å². The molecule has 0 rings (SSSR count). The molecule has 0 unspecified atom stereocenters. The fourth-order valence-electron chi connectivity index (χ4n) is 0.370. The van der Waals surface area contributed by atoms with E-state index in [1.54, 1.807) is 0 Å². The highest BCUT2D eigenvalue weighted by atomic mass is 31.2. The average Bonchev–Trinajstić information content (AvgIpc) is 1.89. The van der Waals surface area contributed by atoms with E-state index in [2.05, 4.69) is 9.05 Å². The summed E-state index contributed by atoms with van der Waals surface area (Å²) in [5, 5.41) is 0. The quantitative estimate of drug-likeness (QED) is 0.358. The minimum atomic E-state index is -3.17. The van der Waals surface area contributed by atoms with Crippen LogP contribution in [0.15, 0.2) is 0 Å². The molecule has 62 valence electrons. The summed E-state index contributed by atoms with van der Waals surface area (Å²) in [5.74, 6) is 0. The van der Waals surface area contributed by atoms with Gasteiger partial charge in [-0.2, -0.15) is 0 Å². The highest BCUT2D eigenvalue weighted by Crippen LogP contribution is 2.44. The predicted octanol–water partition coefficient (Wildman–Crippen LogP) is -1.04. The van der Waals surface area contributed by atoms with E-state index in [0.29, 0.717) is 0 Å². The molecule has 0 saturated heterocycles. The molecule has 6 N–H and O–H groups in total. The molecule has 0 aliphatic rings. The second-order valence-electron chi connectivity index (χ2n) is 1.39. The van der Waals surface area contributed by atoms with Crippen LogP contribution in [0.2, 0.25) is 0 Å². The van der Waals surface area contributed by atoms with Crippen molar-refractivity contribution in [2.24, 2.45) is 17.2 Å². The first-order valence-corrected chi connectivity index (χ1v) is 4.39. The molecule has 0 aromatic carbocycles. The fraction of sp³-hybridized carbons (Fsp3) is 1.00. The molecule has 0 bridgehead atoms. The zero-order valence-electron chi connectivity index (χ0n) is 5.53. The van der Waals surface area contributed by atoms with Crippen LogP contribution in [0.25, 0.3) is 0 Å². The smallest absolute Gasteiger partial charge is 0.320 e. The van der Waals surface area contributed by atoms with E-state index < -0.39 is 7.60 Å². The van der Waals surface area contributed by atoms with E-state index in [4.69, 9.17) is 17.2 Å². The molecular formula is C3H12N3O3P. The van der Waals surface area contributed by atoms with Crippen LogP contribution in [0.5, 0.6) is 0 Å². The molecule has 0 radical (unpaired) electrons. The van der Waals surface area contributed by atoms with Crippen molar-refractivity contribution >= 4 is 7.60 Å². The van der Waals surface area contributed by atoms with E-state index in [1.807, 2.05) is 0 Å². The number of hydrogen-bond acceptors (Lipinski definition) is 6. The van der Waals surface area contributed by atoms with Crippen LogP contribution in [-0.4, -0.2) is 19.7 Å². The van der Waals surface area contributed by atoms with E-state index in [-0.39, 0.29) is 19.7 Å². The zero-order valence-corrected chi connectivity index (χ0v) is 6.42. The van der Waals surface area contributed by atoms with Crippen LogP contribution in [-0.2, 0) is 13.6 Å². The number of hydrogen-bond donors (Lipinski definition) is 3. The van der Waals surface area contributed by atoms with Gasteiger partial charge in [0, 0.05) is 0 Å². The molecule has 7 heteroatoms. The van der Waals surface area contributed by atoms with Gasteiger partial charge in [-0.05, 0) is 0 Å². The standard InChI is InChI=1S/C3H12N3O3P/c4-1-8-10(7,3-6)9-2-5/h1-6H2. The maximum absolute atomic E-state index is 11.1. The van der Waals surface area contributed by atoms with Crippen molar-refractivity contribution in [1.82, 2.24) is 0 Å². The highest BCUT2D eigenvalue weighted by Gasteiger charge is 2.20. The molecule has 6 nitrogen and oxygen atoms in total. The lowest BCUT2D eigenvalue weighted by atomic mass is 11.4. The molecular weight excluding hydrogens is 157 g/mol. The minimum Gasteiger partial charge on any atom is -0.320 e. The van der Waals surface area contributed by atoms with Crippen molar-refractivity contribution in [3.8, 4) is 0 Å². The van der Waals surface area contributed by atoms with Gasteiger partial charge in [-0.3, -0.25) is 13.6 Å². The Kier molecular flexibility index (Phi) is 4.80. The second-order valence-corrected chi connectivity index (χ2v) is 3.49. The van der Waals surface area contributed by atoms with Gasteiger partial charge in [-0.15, -0.1) is 0 Å². The van der Waals surface area contributed by atoms with Crippen LogP contribution >= 0.6 is 7.60 Å². The lowest BCUT2D eigenvalue weighted by Crippen LogP contribution is -2.14. The Labute approximate surface area is 59.2 Å². The lowest BCUT2D eigenvalue weighted by molar-refractivity contribution is 0.213. The Hall–Kier alpha value is 0.0300. The Morgan fingerprint density at radius 2 is 1.50 bits per heavy atom. The van der Waals surface area contributed by atoms with Gasteiger partial charge in [0.2, 0.25) is 0 Å². The molecule has 0 aromatic heterocycles. The van der Waals surface area contributed by atoms with Crippen LogP contribution < -0.4 is 17.2 Å². The summed E-state index contributed by atoms with van der Waals surface area (Å²) in [4.78, 5) is 0. The van der Waals surface area contributed by atoms with Gasteiger partial charge in [-0.1, -0.05) is 0 Å². The van der Waals surface area contributed by atoms with Gasteiger partial charge in [0.25, 0.3) is 0 Å². The number of nitrogens with two attached hydrogens (primary N) is 3. The van der Waals surface area contributed by atoms with Crippen molar-refractivity contribution in [2.45, 2.75) is 0 Å². The monoisotopic (exact) mass is 169 g/mol. The zero-order chi connectivity index (χ0) is 8.04. The van der Waals surface area contributed by atoms with Crippen molar-refractivity contribution in [2.75, 3.05) is 19.7 Å². The highest BCUT2D eigenvalue weighted by molar-refractivity contribution is 7.53. The van der Waals surface area contributed by atoms with Crippen molar-refractivity contribution in [1.29, 1.82) is 0 Å².